The van der Waals surface area contributed by atoms with Gasteiger partial charge >= 0.3 is 0 Å². The average molecular weight is 349 g/mol. The maximum atomic E-state index is 12.1. The highest BCUT2D eigenvalue weighted by Gasteiger charge is 2.27. The molecule has 1 fully saturated rings. The van der Waals surface area contributed by atoms with Gasteiger partial charge in [0, 0.05) is 45.5 Å². The zero-order valence-corrected chi connectivity index (χ0v) is 14.5. The molecule has 0 N–H and O–H groups in total. The van der Waals surface area contributed by atoms with E-state index in [1.165, 1.54) is 6.92 Å². The van der Waals surface area contributed by atoms with E-state index in [-0.39, 0.29) is 5.78 Å². The number of aromatic nitrogens is 5. The Morgan fingerprint density at radius 1 is 0.923 bits per heavy atom. The second kappa shape index (κ2) is 6.91. The van der Waals surface area contributed by atoms with Crippen LogP contribution in [0.2, 0.25) is 0 Å². The maximum Gasteiger partial charge on any atom is 0.225 e. The molecule has 0 radical (unpaired) electrons. The Balaban J connectivity index is 1.62. The molecule has 0 amide bonds. The van der Waals surface area contributed by atoms with Gasteiger partial charge in [-0.2, -0.15) is 4.68 Å². The quantitative estimate of drug-likeness (QED) is 0.662. The van der Waals surface area contributed by atoms with Crippen molar-refractivity contribution in [1.29, 1.82) is 0 Å². The average Bonchev–Trinajstić information content (AvgIpc) is 3.15. The fraction of sp³-hybridized carbons (Fsp3) is 0.278. The molecule has 0 unspecified atom stereocenters. The summed E-state index contributed by atoms with van der Waals surface area (Å²) < 4.78 is 1.74. The van der Waals surface area contributed by atoms with Crippen molar-refractivity contribution in [2.75, 3.05) is 36.0 Å². The van der Waals surface area contributed by atoms with Crippen molar-refractivity contribution in [2.24, 2.45) is 0 Å². The van der Waals surface area contributed by atoms with E-state index < -0.39 is 0 Å². The SMILES string of the molecule is CC(=O)c1nnn(-c2ccccc2)c1N1CCN(c2ncccn2)CC1. The molecule has 8 heteroatoms. The van der Waals surface area contributed by atoms with Gasteiger partial charge in [-0.05, 0) is 18.2 Å². The summed E-state index contributed by atoms with van der Waals surface area (Å²) in [6.07, 6.45) is 3.49. The van der Waals surface area contributed by atoms with E-state index in [0.29, 0.717) is 5.69 Å². The number of hydrogen-bond donors (Lipinski definition) is 0. The third kappa shape index (κ3) is 3.01. The van der Waals surface area contributed by atoms with E-state index in [1.54, 1.807) is 17.1 Å². The van der Waals surface area contributed by atoms with Crippen LogP contribution in [0.4, 0.5) is 11.8 Å². The standard InChI is InChI=1S/C18H19N7O/c1-14(26)16-17(25(22-21-16)15-6-3-2-4-7-15)23-10-12-24(13-11-23)18-19-8-5-9-20-18/h2-9H,10-13H2,1H3. The van der Waals surface area contributed by atoms with Gasteiger partial charge in [-0.1, -0.05) is 23.4 Å². The van der Waals surface area contributed by atoms with Crippen LogP contribution in [0.1, 0.15) is 17.4 Å². The monoisotopic (exact) mass is 349 g/mol. The molecule has 1 aliphatic heterocycles. The minimum Gasteiger partial charge on any atom is -0.351 e. The Hall–Kier alpha value is -3.29. The van der Waals surface area contributed by atoms with Crippen LogP contribution < -0.4 is 9.80 Å². The van der Waals surface area contributed by atoms with Crippen LogP contribution in [0, 0.1) is 0 Å². The van der Waals surface area contributed by atoms with Crippen molar-refractivity contribution in [2.45, 2.75) is 6.92 Å². The Morgan fingerprint density at radius 3 is 2.23 bits per heavy atom. The highest BCUT2D eigenvalue weighted by molar-refractivity contribution is 5.97. The number of Topliss-reactive ketones (excluding diaryl/α,β-unsaturated/α-hetero) is 1. The molecule has 0 spiro atoms. The molecule has 8 nitrogen and oxygen atoms in total. The molecule has 0 saturated carbocycles. The Morgan fingerprint density at radius 2 is 1.58 bits per heavy atom. The van der Waals surface area contributed by atoms with Gasteiger partial charge < -0.3 is 9.80 Å². The predicted octanol–water partition coefficient (Wildman–Crippen LogP) is 1.59. The first-order valence-electron chi connectivity index (χ1n) is 8.53. The zero-order chi connectivity index (χ0) is 17.9. The predicted molar refractivity (Wildman–Crippen MR) is 97.8 cm³/mol. The molecule has 4 rings (SSSR count). The Labute approximate surface area is 151 Å². The minimum absolute atomic E-state index is 0.0870. The lowest BCUT2D eigenvalue weighted by atomic mass is 10.2. The van der Waals surface area contributed by atoms with Crippen LogP contribution in [0.15, 0.2) is 48.8 Å². The van der Waals surface area contributed by atoms with Crippen molar-refractivity contribution in [3.63, 3.8) is 0 Å². The summed E-state index contributed by atoms with van der Waals surface area (Å²) >= 11 is 0. The van der Waals surface area contributed by atoms with Crippen LogP contribution in [-0.4, -0.2) is 56.9 Å². The number of nitrogens with zero attached hydrogens (tertiary/aromatic N) is 7. The summed E-state index contributed by atoms with van der Waals surface area (Å²) in [5.41, 5.74) is 1.29. The molecule has 1 aliphatic rings. The van der Waals surface area contributed by atoms with Crippen molar-refractivity contribution in [3.05, 3.63) is 54.5 Å². The van der Waals surface area contributed by atoms with Crippen LogP contribution >= 0.6 is 0 Å². The number of rotatable bonds is 4. The molecule has 132 valence electrons. The van der Waals surface area contributed by atoms with Gasteiger partial charge in [0.15, 0.2) is 17.3 Å². The first-order chi connectivity index (χ1) is 12.7. The van der Waals surface area contributed by atoms with E-state index >= 15 is 0 Å². The van der Waals surface area contributed by atoms with Gasteiger partial charge in [-0.3, -0.25) is 4.79 Å². The fourth-order valence-electron chi connectivity index (χ4n) is 3.10. The molecule has 0 atom stereocenters. The number of piperazine rings is 1. The van der Waals surface area contributed by atoms with Crippen LogP contribution in [-0.2, 0) is 0 Å². The van der Waals surface area contributed by atoms with Crippen LogP contribution in [0.25, 0.3) is 5.69 Å². The zero-order valence-electron chi connectivity index (χ0n) is 14.5. The van der Waals surface area contributed by atoms with Crippen molar-refractivity contribution >= 4 is 17.5 Å². The number of carbonyl (C=O) groups is 1. The summed E-state index contributed by atoms with van der Waals surface area (Å²) in [6.45, 7) is 4.52. The van der Waals surface area contributed by atoms with Crippen LogP contribution in [0.5, 0.6) is 0 Å². The number of para-hydroxylation sites is 1. The fourth-order valence-corrected chi connectivity index (χ4v) is 3.10. The number of hydrogen-bond acceptors (Lipinski definition) is 7. The Kier molecular flexibility index (Phi) is 4.30. The highest BCUT2D eigenvalue weighted by atomic mass is 16.1. The van der Waals surface area contributed by atoms with E-state index in [4.69, 9.17) is 0 Å². The van der Waals surface area contributed by atoms with Gasteiger partial charge in [-0.15, -0.1) is 5.10 Å². The lowest BCUT2D eigenvalue weighted by Crippen LogP contribution is -2.48. The summed E-state index contributed by atoms with van der Waals surface area (Å²) in [5, 5.41) is 8.35. The van der Waals surface area contributed by atoms with E-state index in [1.807, 2.05) is 36.4 Å². The molecule has 2 aromatic heterocycles. The van der Waals surface area contributed by atoms with Gasteiger partial charge in [-0.25, -0.2) is 9.97 Å². The van der Waals surface area contributed by atoms with Gasteiger partial charge in [0.05, 0.1) is 5.69 Å². The van der Waals surface area contributed by atoms with E-state index in [9.17, 15) is 4.79 Å². The molecule has 1 aromatic carbocycles. The highest BCUT2D eigenvalue weighted by Crippen LogP contribution is 2.25. The number of benzene rings is 1. The lowest BCUT2D eigenvalue weighted by Gasteiger charge is -2.35. The minimum atomic E-state index is -0.0870. The van der Waals surface area contributed by atoms with Gasteiger partial charge in [0.2, 0.25) is 5.95 Å². The molecule has 26 heavy (non-hydrogen) atoms. The number of anilines is 2. The number of ketones is 1. The van der Waals surface area contributed by atoms with Crippen LogP contribution in [0.3, 0.4) is 0 Å². The van der Waals surface area contributed by atoms with E-state index in [2.05, 4.69) is 30.1 Å². The topological polar surface area (TPSA) is 80.0 Å². The summed E-state index contributed by atoms with van der Waals surface area (Å²) in [7, 11) is 0. The van der Waals surface area contributed by atoms with Crippen molar-refractivity contribution < 1.29 is 4.79 Å². The second-order valence-corrected chi connectivity index (χ2v) is 6.09. The third-order valence-electron chi connectivity index (χ3n) is 4.40. The van der Waals surface area contributed by atoms with Gasteiger partial charge in [0.25, 0.3) is 0 Å². The summed E-state index contributed by atoms with van der Waals surface area (Å²) in [6, 6.07) is 11.6. The maximum absolute atomic E-state index is 12.1. The first kappa shape index (κ1) is 16.2. The molecular formula is C18H19N7O. The molecule has 1 saturated heterocycles. The van der Waals surface area contributed by atoms with E-state index in [0.717, 1.165) is 43.6 Å². The van der Waals surface area contributed by atoms with Crippen molar-refractivity contribution in [3.8, 4) is 5.69 Å². The molecule has 3 aromatic rings. The Bertz CT molecular complexity index is 886. The third-order valence-corrected chi connectivity index (χ3v) is 4.40. The normalized spacial score (nSPS) is 14.5. The van der Waals surface area contributed by atoms with Gasteiger partial charge in [0.1, 0.15) is 0 Å². The summed E-state index contributed by atoms with van der Waals surface area (Å²) in [5.74, 6) is 1.39. The first-order valence-corrected chi connectivity index (χ1v) is 8.53. The molecule has 0 bridgehead atoms. The smallest absolute Gasteiger partial charge is 0.225 e. The molecule has 0 aliphatic carbocycles. The second-order valence-electron chi connectivity index (χ2n) is 6.09. The largest absolute Gasteiger partial charge is 0.351 e. The van der Waals surface area contributed by atoms with Crippen molar-refractivity contribution in [1.82, 2.24) is 25.0 Å². The summed E-state index contributed by atoms with van der Waals surface area (Å²) in [4.78, 5) is 25.0. The number of carbonyl (C=O) groups excluding carboxylic acids is 1. The lowest BCUT2D eigenvalue weighted by molar-refractivity contribution is 0.101. The molecule has 3 heterocycles. The molecular weight excluding hydrogens is 330 g/mol.